The van der Waals surface area contributed by atoms with E-state index in [1.54, 1.807) is 0 Å². The zero-order valence-corrected chi connectivity index (χ0v) is 20.0. The molecule has 0 heterocycles. The van der Waals surface area contributed by atoms with Gasteiger partial charge >= 0.3 is 0 Å². The van der Waals surface area contributed by atoms with Crippen molar-refractivity contribution in [3.8, 4) is 0 Å². The first-order valence-corrected chi connectivity index (χ1v) is 12.9. The van der Waals surface area contributed by atoms with Crippen molar-refractivity contribution in [3.05, 3.63) is 12.2 Å². The lowest BCUT2D eigenvalue weighted by atomic mass is 9.44. The molecule has 0 aromatic rings. The van der Waals surface area contributed by atoms with Gasteiger partial charge in [-0.05, 0) is 103 Å². The SMILES string of the molecule is CC(C)[C@@H](C)C=C[C@@H](C)[C@H]1CC[C@H]2[C@@H]3CCC4CC(=O)CC[C@]4(C)[C@H]3CC[C@]12C. The van der Waals surface area contributed by atoms with Gasteiger partial charge in [0.05, 0.1) is 0 Å². The fourth-order valence-corrected chi connectivity index (χ4v) is 8.66. The van der Waals surface area contributed by atoms with E-state index >= 15 is 0 Å². The van der Waals surface area contributed by atoms with Crippen molar-refractivity contribution < 1.29 is 4.79 Å². The van der Waals surface area contributed by atoms with E-state index in [1.807, 2.05) is 0 Å². The molecule has 0 aromatic heterocycles. The van der Waals surface area contributed by atoms with E-state index in [0.717, 1.165) is 42.4 Å². The van der Waals surface area contributed by atoms with Gasteiger partial charge in [0.15, 0.2) is 0 Å². The highest BCUT2D eigenvalue weighted by molar-refractivity contribution is 5.79. The van der Waals surface area contributed by atoms with E-state index in [0.29, 0.717) is 34.4 Å². The molecule has 1 nitrogen and oxygen atoms in total. The minimum atomic E-state index is 0.453. The van der Waals surface area contributed by atoms with Crippen LogP contribution in [0.15, 0.2) is 12.2 Å². The lowest BCUT2D eigenvalue weighted by Crippen LogP contribution is -2.53. The maximum absolute atomic E-state index is 12.1. The Kier molecular flexibility index (Phi) is 5.84. The first-order valence-electron chi connectivity index (χ1n) is 12.9. The Morgan fingerprint density at radius 2 is 1.59 bits per heavy atom. The number of carbonyl (C=O) groups is 1. The van der Waals surface area contributed by atoms with E-state index in [9.17, 15) is 4.79 Å². The molecule has 0 N–H and O–H groups in total. The number of Topliss-reactive ketones (excluding diaryl/α,β-unsaturated/α-hetero) is 1. The van der Waals surface area contributed by atoms with Gasteiger partial charge in [-0.15, -0.1) is 0 Å². The minimum Gasteiger partial charge on any atom is -0.300 e. The highest BCUT2D eigenvalue weighted by atomic mass is 16.1. The van der Waals surface area contributed by atoms with Crippen LogP contribution in [0.3, 0.4) is 0 Å². The van der Waals surface area contributed by atoms with E-state index in [2.05, 4.69) is 53.7 Å². The van der Waals surface area contributed by atoms with Crippen LogP contribution in [0.4, 0.5) is 0 Å². The lowest BCUT2D eigenvalue weighted by Gasteiger charge is -2.60. The predicted octanol–water partition coefficient (Wildman–Crippen LogP) is 7.70. The van der Waals surface area contributed by atoms with Gasteiger partial charge < -0.3 is 0 Å². The summed E-state index contributed by atoms with van der Waals surface area (Å²) >= 11 is 0. The molecule has 0 aliphatic heterocycles. The summed E-state index contributed by atoms with van der Waals surface area (Å²) in [5.41, 5.74) is 0.994. The molecule has 4 aliphatic rings. The largest absolute Gasteiger partial charge is 0.300 e. The quantitative estimate of drug-likeness (QED) is 0.443. The molecule has 4 aliphatic carbocycles. The second-order valence-corrected chi connectivity index (χ2v) is 12.5. The Hall–Kier alpha value is -0.590. The molecule has 0 saturated heterocycles. The third-order valence-corrected chi connectivity index (χ3v) is 11.0. The molecule has 4 rings (SSSR count). The number of carbonyl (C=O) groups excluding carboxylic acids is 1. The number of fused-ring (bicyclic) bond motifs is 5. The summed E-state index contributed by atoms with van der Waals surface area (Å²) in [6.07, 6.45) is 16.5. The van der Waals surface area contributed by atoms with Crippen LogP contribution in [0.5, 0.6) is 0 Å². The molecule has 4 saturated carbocycles. The minimum absolute atomic E-state index is 0.453. The zero-order valence-electron chi connectivity index (χ0n) is 20.0. The molecule has 1 unspecified atom stereocenters. The van der Waals surface area contributed by atoms with Crippen molar-refractivity contribution in [3.63, 3.8) is 0 Å². The third kappa shape index (κ3) is 3.57. The summed E-state index contributed by atoms with van der Waals surface area (Å²) in [4.78, 5) is 12.1. The molecule has 1 heteroatoms. The average Bonchev–Trinajstić information content (AvgIpc) is 3.03. The number of hydrogen-bond acceptors (Lipinski definition) is 1. The molecule has 164 valence electrons. The molecule has 0 aromatic carbocycles. The molecule has 0 radical (unpaired) electrons. The zero-order chi connectivity index (χ0) is 21.0. The second-order valence-electron chi connectivity index (χ2n) is 12.5. The van der Waals surface area contributed by atoms with Crippen molar-refractivity contribution in [1.82, 2.24) is 0 Å². The van der Waals surface area contributed by atoms with Gasteiger partial charge in [0.2, 0.25) is 0 Å². The molecule has 0 bridgehead atoms. The van der Waals surface area contributed by atoms with E-state index in [-0.39, 0.29) is 0 Å². The first kappa shape index (κ1) is 21.6. The van der Waals surface area contributed by atoms with Crippen molar-refractivity contribution in [1.29, 1.82) is 0 Å². The van der Waals surface area contributed by atoms with Crippen LogP contribution in [0.25, 0.3) is 0 Å². The van der Waals surface area contributed by atoms with Gasteiger partial charge in [0.1, 0.15) is 5.78 Å². The molecule has 4 fully saturated rings. The van der Waals surface area contributed by atoms with Crippen molar-refractivity contribution in [2.45, 2.75) is 99.3 Å². The molecular weight excluding hydrogens is 352 g/mol. The maximum atomic E-state index is 12.1. The summed E-state index contributed by atoms with van der Waals surface area (Å²) in [5, 5.41) is 0. The molecular formula is C28H46O. The Bertz CT molecular complexity index is 647. The van der Waals surface area contributed by atoms with Crippen molar-refractivity contribution >= 4 is 5.78 Å². The van der Waals surface area contributed by atoms with Crippen LogP contribution in [-0.4, -0.2) is 5.78 Å². The third-order valence-electron chi connectivity index (χ3n) is 11.0. The van der Waals surface area contributed by atoms with E-state index < -0.39 is 0 Å². The Labute approximate surface area is 180 Å². The van der Waals surface area contributed by atoms with Gasteiger partial charge in [-0.3, -0.25) is 4.79 Å². The summed E-state index contributed by atoms with van der Waals surface area (Å²) in [6, 6.07) is 0. The van der Waals surface area contributed by atoms with Gasteiger partial charge in [-0.1, -0.05) is 53.7 Å². The molecule has 0 spiro atoms. The monoisotopic (exact) mass is 398 g/mol. The molecule has 29 heavy (non-hydrogen) atoms. The summed E-state index contributed by atoms with van der Waals surface area (Å²) < 4.78 is 0. The summed E-state index contributed by atoms with van der Waals surface area (Å²) in [7, 11) is 0. The molecule has 9 atom stereocenters. The van der Waals surface area contributed by atoms with Crippen LogP contribution in [-0.2, 0) is 4.79 Å². The van der Waals surface area contributed by atoms with Crippen LogP contribution in [0, 0.1) is 58.2 Å². The Morgan fingerprint density at radius 3 is 2.31 bits per heavy atom. The number of rotatable bonds is 4. The van der Waals surface area contributed by atoms with Gasteiger partial charge in [-0.2, -0.15) is 0 Å². The van der Waals surface area contributed by atoms with Crippen molar-refractivity contribution in [2.24, 2.45) is 58.2 Å². The van der Waals surface area contributed by atoms with E-state index in [4.69, 9.17) is 0 Å². The average molecular weight is 399 g/mol. The Balaban J connectivity index is 1.51. The maximum Gasteiger partial charge on any atom is 0.133 e. The second kappa shape index (κ2) is 7.83. The smallest absolute Gasteiger partial charge is 0.133 e. The van der Waals surface area contributed by atoms with Gasteiger partial charge in [0, 0.05) is 12.8 Å². The van der Waals surface area contributed by atoms with Crippen LogP contribution >= 0.6 is 0 Å². The number of ketones is 1. The fraction of sp³-hybridized carbons (Fsp3) is 0.893. The van der Waals surface area contributed by atoms with Crippen molar-refractivity contribution in [2.75, 3.05) is 0 Å². The topological polar surface area (TPSA) is 17.1 Å². The van der Waals surface area contributed by atoms with Crippen LogP contribution in [0.1, 0.15) is 99.3 Å². The summed E-state index contributed by atoms with van der Waals surface area (Å²) in [5.74, 6) is 6.97. The van der Waals surface area contributed by atoms with Crippen LogP contribution < -0.4 is 0 Å². The fourth-order valence-electron chi connectivity index (χ4n) is 8.66. The normalized spacial score (nSPS) is 47.0. The van der Waals surface area contributed by atoms with Gasteiger partial charge in [0.25, 0.3) is 0 Å². The predicted molar refractivity (Wildman–Crippen MR) is 123 cm³/mol. The first-order chi connectivity index (χ1) is 13.7. The number of allylic oxidation sites excluding steroid dienone is 2. The summed E-state index contributed by atoms with van der Waals surface area (Å²) in [6.45, 7) is 14.8. The lowest BCUT2D eigenvalue weighted by molar-refractivity contribution is -0.140. The van der Waals surface area contributed by atoms with Crippen LogP contribution in [0.2, 0.25) is 0 Å². The van der Waals surface area contributed by atoms with E-state index in [1.165, 1.54) is 44.9 Å². The highest BCUT2D eigenvalue weighted by Gasteiger charge is 2.60. The highest BCUT2D eigenvalue weighted by Crippen LogP contribution is 2.68. The standard InChI is InChI=1S/C28H46O/c1-18(2)19(3)7-8-20(4)24-11-12-25-23-10-9-21-17-22(29)13-15-27(21,5)26(23)14-16-28(24,25)6/h7-8,18-21,23-26H,9-17H2,1-6H3/t19-,20+,21?,23-,24+,25-,26-,27-,28+/m0/s1. The Morgan fingerprint density at radius 1 is 0.862 bits per heavy atom. The van der Waals surface area contributed by atoms with Gasteiger partial charge in [-0.25, -0.2) is 0 Å². The number of hydrogen-bond donors (Lipinski definition) is 0. The molecule has 0 amide bonds.